The van der Waals surface area contributed by atoms with Crippen LogP contribution in [0.4, 0.5) is 17.1 Å². The van der Waals surface area contributed by atoms with Crippen LogP contribution in [0.2, 0.25) is 0 Å². The molecular weight excluding hydrogens is 532 g/mol. The molecule has 208 valence electrons. The number of hydrogen-bond donors (Lipinski definition) is 2. The van der Waals surface area contributed by atoms with E-state index in [0.29, 0.717) is 35.9 Å². The van der Waals surface area contributed by atoms with Crippen LogP contribution in [0.25, 0.3) is 0 Å². The van der Waals surface area contributed by atoms with Crippen molar-refractivity contribution in [2.45, 2.75) is 37.2 Å². The monoisotopic (exact) mass is 562 g/mol. The number of ether oxygens (including phenoxy) is 1. The van der Waals surface area contributed by atoms with Crippen molar-refractivity contribution in [3.8, 4) is 5.75 Å². The highest BCUT2D eigenvalue weighted by Gasteiger charge is 2.33. The Bertz CT molecular complexity index is 1520. The molecule has 0 saturated carbocycles. The molecule has 2 aliphatic heterocycles. The van der Waals surface area contributed by atoms with Crippen LogP contribution >= 0.6 is 0 Å². The fourth-order valence-corrected chi connectivity index (χ4v) is 6.27. The van der Waals surface area contributed by atoms with Crippen molar-refractivity contribution < 1.29 is 27.5 Å². The van der Waals surface area contributed by atoms with Gasteiger partial charge < -0.3 is 15.4 Å². The zero-order valence-electron chi connectivity index (χ0n) is 22.0. The average Bonchev–Trinajstić information content (AvgIpc) is 2.97. The first-order valence-electron chi connectivity index (χ1n) is 13.1. The quantitative estimate of drug-likeness (QED) is 0.451. The Morgan fingerprint density at radius 1 is 0.900 bits per heavy atom. The van der Waals surface area contributed by atoms with E-state index < -0.39 is 22.0 Å². The Labute approximate surface area is 233 Å². The van der Waals surface area contributed by atoms with Crippen molar-refractivity contribution in [1.29, 1.82) is 0 Å². The van der Waals surface area contributed by atoms with Gasteiger partial charge >= 0.3 is 0 Å². The van der Waals surface area contributed by atoms with E-state index in [4.69, 9.17) is 4.74 Å². The summed E-state index contributed by atoms with van der Waals surface area (Å²) in [5.74, 6) is -0.810. The Balaban J connectivity index is 1.31. The predicted molar refractivity (Wildman–Crippen MR) is 151 cm³/mol. The van der Waals surface area contributed by atoms with Gasteiger partial charge in [-0.15, -0.1) is 0 Å². The molecule has 1 saturated heterocycles. The third kappa shape index (κ3) is 5.85. The van der Waals surface area contributed by atoms with Crippen LogP contribution in [-0.2, 0) is 19.6 Å². The lowest BCUT2D eigenvalue weighted by Crippen LogP contribution is -2.47. The molecule has 2 heterocycles. The Kier molecular flexibility index (Phi) is 7.85. The van der Waals surface area contributed by atoms with Crippen LogP contribution in [0.5, 0.6) is 5.75 Å². The highest BCUT2D eigenvalue weighted by molar-refractivity contribution is 7.89. The molecule has 0 aromatic heterocycles. The number of para-hydroxylation sites is 1. The number of rotatable bonds is 7. The third-order valence-electron chi connectivity index (χ3n) is 6.85. The van der Waals surface area contributed by atoms with Crippen LogP contribution in [0.3, 0.4) is 0 Å². The Morgan fingerprint density at radius 2 is 1.60 bits per heavy atom. The number of benzene rings is 3. The molecule has 0 aliphatic carbocycles. The number of nitrogens with one attached hydrogen (secondary N) is 2. The van der Waals surface area contributed by atoms with Crippen LogP contribution < -0.4 is 20.3 Å². The molecule has 0 spiro atoms. The van der Waals surface area contributed by atoms with E-state index in [0.717, 1.165) is 19.3 Å². The smallest absolute Gasteiger partial charge is 0.268 e. The molecule has 3 aromatic rings. The van der Waals surface area contributed by atoms with Crippen LogP contribution in [0.1, 0.15) is 36.5 Å². The van der Waals surface area contributed by atoms with Gasteiger partial charge in [-0.1, -0.05) is 24.6 Å². The second kappa shape index (κ2) is 11.5. The number of fused-ring (bicyclic) bond motifs is 1. The fourth-order valence-electron chi connectivity index (χ4n) is 4.75. The SMILES string of the molecule is CC1Oc2ccc(NC(=O)c3ccc(S(=O)(=O)N4CCCCC4)cc3)cc2N(CC(=O)Nc2ccccc2)C1=O. The molecule has 3 aromatic carbocycles. The molecule has 0 radical (unpaired) electrons. The number of carbonyl (C=O) groups is 3. The fraction of sp³-hybridized carbons (Fsp3) is 0.276. The summed E-state index contributed by atoms with van der Waals surface area (Å²) in [6.07, 6.45) is 1.92. The van der Waals surface area contributed by atoms with Crippen molar-refractivity contribution in [3.05, 3.63) is 78.4 Å². The molecule has 1 fully saturated rings. The van der Waals surface area contributed by atoms with E-state index in [1.54, 1.807) is 49.4 Å². The number of piperidine rings is 1. The van der Waals surface area contributed by atoms with E-state index in [1.807, 2.05) is 6.07 Å². The van der Waals surface area contributed by atoms with Gasteiger partial charge in [-0.3, -0.25) is 19.3 Å². The van der Waals surface area contributed by atoms with Crippen LogP contribution in [0.15, 0.2) is 77.7 Å². The molecule has 1 atom stereocenters. The molecule has 10 nitrogen and oxygen atoms in total. The predicted octanol–water partition coefficient (Wildman–Crippen LogP) is 3.87. The first kappa shape index (κ1) is 27.4. The molecule has 5 rings (SSSR count). The second-order valence-electron chi connectivity index (χ2n) is 9.72. The average molecular weight is 563 g/mol. The van der Waals surface area contributed by atoms with Gasteiger partial charge in [-0.05, 0) is 74.4 Å². The highest BCUT2D eigenvalue weighted by atomic mass is 32.2. The minimum Gasteiger partial charge on any atom is -0.479 e. The number of carbonyl (C=O) groups excluding carboxylic acids is 3. The minimum absolute atomic E-state index is 0.147. The van der Waals surface area contributed by atoms with E-state index in [9.17, 15) is 22.8 Å². The highest BCUT2D eigenvalue weighted by Crippen LogP contribution is 2.36. The summed E-state index contributed by atoms with van der Waals surface area (Å²) in [6, 6.07) is 19.6. The molecule has 11 heteroatoms. The lowest BCUT2D eigenvalue weighted by Gasteiger charge is -2.33. The van der Waals surface area contributed by atoms with Crippen LogP contribution in [0, 0.1) is 0 Å². The van der Waals surface area contributed by atoms with E-state index in [1.165, 1.54) is 33.5 Å². The Morgan fingerprint density at radius 3 is 2.30 bits per heavy atom. The maximum absolute atomic E-state index is 13.0. The van der Waals surface area contributed by atoms with Gasteiger partial charge in [0.05, 0.1) is 10.6 Å². The molecule has 1 unspecified atom stereocenters. The van der Waals surface area contributed by atoms with E-state index in [-0.39, 0.29) is 28.8 Å². The van der Waals surface area contributed by atoms with Crippen molar-refractivity contribution in [2.75, 3.05) is 35.2 Å². The number of amides is 3. The first-order chi connectivity index (χ1) is 19.2. The van der Waals surface area contributed by atoms with Crippen molar-refractivity contribution in [2.24, 2.45) is 0 Å². The number of sulfonamides is 1. The van der Waals surface area contributed by atoms with Gasteiger partial charge in [0, 0.05) is 30.0 Å². The lowest BCUT2D eigenvalue weighted by atomic mass is 10.1. The van der Waals surface area contributed by atoms with Crippen molar-refractivity contribution >= 4 is 44.8 Å². The van der Waals surface area contributed by atoms with Crippen molar-refractivity contribution in [1.82, 2.24) is 4.31 Å². The maximum Gasteiger partial charge on any atom is 0.268 e. The normalized spacial score (nSPS) is 17.5. The lowest BCUT2D eigenvalue weighted by molar-refractivity contribution is -0.127. The van der Waals surface area contributed by atoms with Gasteiger partial charge in [0.2, 0.25) is 15.9 Å². The minimum atomic E-state index is -3.60. The zero-order valence-corrected chi connectivity index (χ0v) is 22.8. The van der Waals surface area contributed by atoms with Gasteiger partial charge in [0.1, 0.15) is 12.3 Å². The van der Waals surface area contributed by atoms with E-state index >= 15 is 0 Å². The Hall–Kier alpha value is -4.22. The van der Waals surface area contributed by atoms with Crippen LogP contribution in [-0.4, -0.2) is 56.2 Å². The zero-order chi connectivity index (χ0) is 28.3. The topological polar surface area (TPSA) is 125 Å². The maximum atomic E-state index is 13.0. The summed E-state index contributed by atoms with van der Waals surface area (Å²) in [5.41, 5.74) is 1.62. The summed E-state index contributed by atoms with van der Waals surface area (Å²) < 4.78 is 33.0. The van der Waals surface area contributed by atoms with Gasteiger partial charge in [0.15, 0.2) is 6.10 Å². The number of anilines is 3. The third-order valence-corrected chi connectivity index (χ3v) is 8.77. The first-order valence-corrected chi connectivity index (χ1v) is 14.5. The van der Waals surface area contributed by atoms with Gasteiger partial charge in [-0.2, -0.15) is 4.31 Å². The number of nitrogens with zero attached hydrogens (tertiary/aromatic N) is 2. The standard InChI is InChI=1S/C29H30N4O6S/c1-20-29(36)33(19-27(34)30-22-8-4-2-5-9-22)25-18-23(12-15-26(25)39-20)31-28(35)21-10-13-24(14-11-21)40(37,38)32-16-6-3-7-17-32/h2,4-5,8-15,18,20H,3,6-7,16-17,19H2,1H3,(H,30,34)(H,31,35). The van der Waals surface area contributed by atoms with Gasteiger partial charge in [-0.25, -0.2) is 8.42 Å². The van der Waals surface area contributed by atoms with Crippen molar-refractivity contribution in [3.63, 3.8) is 0 Å². The van der Waals surface area contributed by atoms with E-state index in [2.05, 4.69) is 10.6 Å². The molecule has 2 aliphatic rings. The molecule has 0 bridgehead atoms. The second-order valence-corrected chi connectivity index (χ2v) is 11.7. The summed E-state index contributed by atoms with van der Waals surface area (Å²) in [4.78, 5) is 40.1. The molecule has 3 amide bonds. The molecular formula is C29H30N4O6S. The summed E-state index contributed by atoms with van der Waals surface area (Å²) in [7, 11) is -3.60. The molecule has 2 N–H and O–H groups in total. The molecule has 40 heavy (non-hydrogen) atoms. The summed E-state index contributed by atoms with van der Waals surface area (Å²) >= 11 is 0. The van der Waals surface area contributed by atoms with Gasteiger partial charge in [0.25, 0.3) is 11.8 Å². The summed E-state index contributed by atoms with van der Waals surface area (Å²) in [5, 5.41) is 5.55. The largest absolute Gasteiger partial charge is 0.479 e. The summed E-state index contributed by atoms with van der Waals surface area (Å²) in [6.45, 7) is 2.37. The number of hydrogen-bond acceptors (Lipinski definition) is 6.